The second kappa shape index (κ2) is 20.1. The van der Waals surface area contributed by atoms with Crippen LogP contribution in [0.25, 0.3) is 0 Å². The van der Waals surface area contributed by atoms with Gasteiger partial charge in [0.25, 0.3) is 0 Å². The van der Waals surface area contributed by atoms with Crippen LogP contribution in [0, 0.1) is 0 Å². The van der Waals surface area contributed by atoms with Gasteiger partial charge in [0, 0.05) is 6.42 Å². The molecule has 4 unspecified atom stereocenters. The lowest BCUT2D eigenvalue weighted by atomic mass is 10.0. The van der Waals surface area contributed by atoms with Crippen LogP contribution in [0.4, 0.5) is 0 Å². The summed E-state index contributed by atoms with van der Waals surface area (Å²) in [5, 5.41) is 8.20. The van der Waals surface area contributed by atoms with Gasteiger partial charge in [-0.3, -0.25) is 19.2 Å². The topological polar surface area (TPSA) is 208 Å². The molecule has 38 heavy (non-hydrogen) atoms. The SMILES string of the molecule is NCCCCC([C]=O)NC(=O)C(CCCCN)NC(=O)C(Cc1ccccc1)NC(=O)C(N)CCCCN. The number of carbonyl (C=O) groups excluding carboxylic acids is 4. The van der Waals surface area contributed by atoms with Crippen LogP contribution in [0.3, 0.4) is 0 Å². The van der Waals surface area contributed by atoms with Gasteiger partial charge in [0.1, 0.15) is 12.1 Å². The van der Waals surface area contributed by atoms with Crippen LogP contribution in [-0.2, 0) is 25.6 Å². The van der Waals surface area contributed by atoms with Gasteiger partial charge in [-0.15, -0.1) is 0 Å². The molecule has 0 fully saturated rings. The molecule has 0 bridgehead atoms. The fourth-order valence-corrected chi connectivity index (χ4v) is 3.94. The monoisotopic (exact) mass is 532 g/mol. The number of amides is 3. The van der Waals surface area contributed by atoms with E-state index in [-0.39, 0.29) is 6.42 Å². The molecule has 0 spiro atoms. The maximum absolute atomic E-state index is 13.4. The van der Waals surface area contributed by atoms with E-state index in [9.17, 15) is 19.2 Å². The number of hydrogen-bond donors (Lipinski definition) is 7. The van der Waals surface area contributed by atoms with Crippen LogP contribution < -0.4 is 38.9 Å². The zero-order valence-corrected chi connectivity index (χ0v) is 22.3. The van der Waals surface area contributed by atoms with Crippen molar-refractivity contribution in [3.8, 4) is 0 Å². The zero-order valence-electron chi connectivity index (χ0n) is 22.3. The molecule has 0 aliphatic carbocycles. The van der Waals surface area contributed by atoms with Gasteiger partial charge in [0.05, 0.1) is 12.1 Å². The Hall–Kier alpha value is -2.86. The summed E-state index contributed by atoms with van der Waals surface area (Å²) in [6, 6.07) is 5.80. The Morgan fingerprint density at radius 3 is 1.79 bits per heavy atom. The molecule has 0 aliphatic heterocycles. The van der Waals surface area contributed by atoms with Crippen LogP contribution in [0.15, 0.2) is 30.3 Å². The van der Waals surface area contributed by atoms with E-state index in [2.05, 4.69) is 16.0 Å². The lowest BCUT2D eigenvalue weighted by Crippen LogP contribution is -2.57. The molecule has 1 rings (SSSR count). The minimum atomic E-state index is -0.951. The molecule has 4 atom stereocenters. The van der Waals surface area contributed by atoms with Gasteiger partial charge in [0.15, 0.2) is 0 Å². The van der Waals surface area contributed by atoms with Crippen LogP contribution in [0.2, 0.25) is 0 Å². The third-order valence-electron chi connectivity index (χ3n) is 6.21. The number of carbonyl (C=O) groups is 3. The number of nitrogens with two attached hydrogens (primary N) is 4. The van der Waals surface area contributed by atoms with Gasteiger partial charge < -0.3 is 38.9 Å². The molecule has 11 N–H and O–H groups in total. The molecule has 1 aromatic carbocycles. The fraction of sp³-hybridized carbons (Fsp3) is 0.630. The Balaban J connectivity index is 2.99. The summed E-state index contributed by atoms with van der Waals surface area (Å²) < 4.78 is 0. The molecular weight excluding hydrogens is 486 g/mol. The van der Waals surface area contributed by atoms with E-state index < -0.39 is 41.9 Å². The van der Waals surface area contributed by atoms with E-state index in [1.807, 2.05) is 36.6 Å². The van der Waals surface area contributed by atoms with Gasteiger partial charge in [-0.05, 0) is 76.6 Å². The number of benzene rings is 1. The first-order valence-electron chi connectivity index (χ1n) is 13.5. The van der Waals surface area contributed by atoms with Gasteiger partial charge in [0.2, 0.25) is 24.0 Å². The highest BCUT2D eigenvalue weighted by Crippen LogP contribution is 2.08. The van der Waals surface area contributed by atoms with Crippen molar-refractivity contribution in [1.29, 1.82) is 0 Å². The Kier molecular flexibility index (Phi) is 17.6. The zero-order chi connectivity index (χ0) is 28.2. The normalized spacial score (nSPS) is 14.1. The molecule has 0 aromatic heterocycles. The van der Waals surface area contributed by atoms with Crippen LogP contribution in [0.1, 0.15) is 63.4 Å². The summed E-state index contributed by atoms with van der Waals surface area (Å²) in [6.07, 6.45) is 7.34. The van der Waals surface area contributed by atoms with Crippen LogP contribution in [0.5, 0.6) is 0 Å². The van der Waals surface area contributed by atoms with Gasteiger partial charge in [-0.25, -0.2) is 0 Å². The van der Waals surface area contributed by atoms with E-state index in [0.717, 1.165) is 18.4 Å². The predicted octanol–water partition coefficient (Wildman–Crippen LogP) is -0.492. The molecule has 11 heteroatoms. The molecule has 0 saturated carbocycles. The molecule has 1 radical (unpaired) electrons. The van der Waals surface area contributed by atoms with Crippen molar-refractivity contribution in [3.05, 3.63) is 35.9 Å². The molecule has 3 amide bonds. The number of hydrogen-bond acceptors (Lipinski definition) is 8. The van der Waals surface area contributed by atoms with Crippen molar-refractivity contribution in [1.82, 2.24) is 16.0 Å². The van der Waals surface area contributed by atoms with Crippen LogP contribution >= 0.6 is 0 Å². The minimum Gasteiger partial charge on any atom is -0.344 e. The van der Waals surface area contributed by atoms with E-state index >= 15 is 0 Å². The standard InChI is InChI=1S/C27H46N7O4/c28-15-7-4-12-21(19-35)32-26(37)23(14-6-9-17-30)33-27(38)24(18-20-10-2-1-3-11-20)34-25(36)22(31)13-5-8-16-29/h1-3,10-11,21-24H,4-9,12-18,28-31H2,(H,32,37)(H,33,38)(H,34,36). The van der Waals surface area contributed by atoms with Crippen LogP contribution in [-0.4, -0.2) is 67.8 Å². The number of unbranched alkanes of at least 4 members (excludes halogenated alkanes) is 3. The summed E-state index contributed by atoms with van der Waals surface area (Å²) in [5.41, 5.74) is 23.5. The maximum Gasteiger partial charge on any atom is 0.243 e. The average molecular weight is 533 g/mol. The lowest BCUT2D eigenvalue weighted by molar-refractivity contribution is -0.132. The van der Waals surface area contributed by atoms with E-state index in [1.165, 1.54) is 0 Å². The molecule has 0 saturated heterocycles. The first kappa shape index (κ1) is 33.2. The molecule has 11 nitrogen and oxygen atoms in total. The van der Waals surface area contributed by atoms with Gasteiger partial charge in [-0.1, -0.05) is 36.8 Å². The Morgan fingerprint density at radius 1 is 0.684 bits per heavy atom. The Labute approximate surface area is 226 Å². The quantitative estimate of drug-likeness (QED) is 0.102. The minimum absolute atomic E-state index is 0.217. The Bertz CT molecular complexity index is 825. The molecule has 213 valence electrons. The smallest absolute Gasteiger partial charge is 0.243 e. The average Bonchev–Trinajstić information content (AvgIpc) is 2.92. The summed E-state index contributed by atoms with van der Waals surface area (Å²) in [5.74, 6) is -1.45. The van der Waals surface area contributed by atoms with Crippen molar-refractivity contribution in [2.24, 2.45) is 22.9 Å². The van der Waals surface area contributed by atoms with E-state index in [1.54, 1.807) is 0 Å². The largest absolute Gasteiger partial charge is 0.344 e. The number of nitrogens with one attached hydrogen (secondary N) is 3. The third kappa shape index (κ3) is 13.6. The van der Waals surface area contributed by atoms with Crippen molar-refractivity contribution in [3.63, 3.8) is 0 Å². The molecule has 1 aromatic rings. The first-order valence-corrected chi connectivity index (χ1v) is 13.5. The van der Waals surface area contributed by atoms with Crippen molar-refractivity contribution in [2.45, 2.75) is 88.4 Å². The number of rotatable bonds is 21. The summed E-state index contributed by atoms with van der Waals surface area (Å²) in [7, 11) is 0. The third-order valence-corrected chi connectivity index (χ3v) is 6.21. The van der Waals surface area contributed by atoms with Crippen molar-refractivity contribution < 1.29 is 19.2 Å². The maximum atomic E-state index is 13.4. The summed E-state index contributed by atoms with van der Waals surface area (Å²) in [6.45, 7) is 1.44. The molecular formula is C27H46N7O4. The highest BCUT2D eigenvalue weighted by atomic mass is 16.2. The highest BCUT2D eigenvalue weighted by molar-refractivity contribution is 5.93. The molecule has 0 aliphatic rings. The first-order chi connectivity index (χ1) is 18.4. The lowest BCUT2D eigenvalue weighted by Gasteiger charge is -2.25. The highest BCUT2D eigenvalue weighted by Gasteiger charge is 2.29. The summed E-state index contributed by atoms with van der Waals surface area (Å²) in [4.78, 5) is 50.6. The second-order valence-corrected chi connectivity index (χ2v) is 9.45. The predicted molar refractivity (Wildman–Crippen MR) is 148 cm³/mol. The summed E-state index contributed by atoms with van der Waals surface area (Å²) >= 11 is 0. The van der Waals surface area contributed by atoms with Gasteiger partial charge >= 0.3 is 0 Å². The fourth-order valence-electron chi connectivity index (χ4n) is 3.94. The molecule has 0 heterocycles. The van der Waals surface area contributed by atoms with Crippen molar-refractivity contribution in [2.75, 3.05) is 19.6 Å². The van der Waals surface area contributed by atoms with E-state index in [0.29, 0.717) is 64.6 Å². The van der Waals surface area contributed by atoms with E-state index in [4.69, 9.17) is 22.9 Å². The Morgan fingerprint density at radius 2 is 1.21 bits per heavy atom. The van der Waals surface area contributed by atoms with Crippen molar-refractivity contribution >= 4 is 24.0 Å². The van der Waals surface area contributed by atoms with Gasteiger partial charge in [-0.2, -0.15) is 0 Å². The second-order valence-electron chi connectivity index (χ2n) is 9.45.